The van der Waals surface area contributed by atoms with E-state index in [-0.39, 0.29) is 0 Å². The molecule has 19 heavy (non-hydrogen) atoms. The molecule has 1 aromatic carbocycles. The van der Waals surface area contributed by atoms with E-state index in [4.69, 9.17) is 10.5 Å². The Labute approximate surface area is 116 Å². The number of nitrogens with two attached hydrogens (primary N) is 1. The molecule has 108 valence electrons. The molecule has 0 aliphatic heterocycles. The smallest absolute Gasteiger partial charge is 0.122 e. The van der Waals surface area contributed by atoms with Crippen LogP contribution in [0.1, 0.15) is 30.9 Å². The minimum Gasteiger partial charge on any atom is -0.496 e. The maximum absolute atomic E-state index is 9.36. The molecule has 1 rings (SSSR count). The van der Waals surface area contributed by atoms with Gasteiger partial charge in [0.15, 0.2) is 0 Å². The van der Waals surface area contributed by atoms with Gasteiger partial charge in [-0.1, -0.05) is 26.0 Å². The van der Waals surface area contributed by atoms with Crippen LogP contribution in [-0.4, -0.2) is 38.0 Å². The first-order chi connectivity index (χ1) is 9.08. The van der Waals surface area contributed by atoms with Gasteiger partial charge in [0.25, 0.3) is 0 Å². The lowest BCUT2D eigenvalue weighted by atomic mass is 9.99. The fraction of sp³-hybridized carbons (Fsp3) is 0.600. The number of methoxy groups -OCH3 is 1. The average molecular weight is 266 g/mol. The minimum atomic E-state index is -0.469. The lowest BCUT2D eigenvalue weighted by Gasteiger charge is -2.14. The van der Waals surface area contributed by atoms with Gasteiger partial charge in [-0.25, -0.2) is 0 Å². The van der Waals surface area contributed by atoms with Crippen LogP contribution < -0.4 is 15.8 Å². The van der Waals surface area contributed by atoms with Crippen molar-refractivity contribution in [1.82, 2.24) is 5.32 Å². The van der Waals surface area contributed by atoms with E-state index < -0.39 is 6.10 Å². The third kappa shape index (κ3) is 5.19. The van der Waals surface area contributed by atoms with Crippen LogP contribution in [0.25, 0.3) is 0 Å². The molecule has 0 spiro atoms. The molecule has 4 nitrogen and oxygen atoms in total. The summed E-state index contributed by atoms with van der Waals surface area (Å²) in [5.41, 5.74) is 7.87. The summed E-state index contributed by atoms with van der Waals surface area (Å²) >= 11 is 0. The number of hydrogen-bond acceptors (Lipinski definition) is 4. The Morgan fingerprint density at radius 3 is 2.68 bits per heavy atom. The van der Waals surface area contributed by atoms with Gasteiger partial charge in [0, 0.05) is 13.1 Å². The Balaban J connectivity index is 2.57. The van der Waals surface area contributed by atoms with Gasteiger partial charge in [0.2, 0.25) is 0 Å². The van der Waals surface area contributed by atoms with Crippen LogP contribution in [-0.2, 0) is 6.42 Å². The van der Waals surface area contributed by atoms with Crippen molar-refractivity contribution in [2.45, 2.75) is 32.3 Å². The van der Waals surface area contributed by atoms with E-state index in [1.807, 2.05) is 6.07 Å². The zero-order chi connectivity index (χ0) is 14.3. The standard InChI is InChI=1S/C15H26N2O2/c1-11(2)12-4-5-15(19-3)13(8-12)6-7-17-10-14(18)9-16/h4-5,8,11,14,17-18H,6-7,9-10,16H2,1-3H3. The first-order valence-corrected chi connectivity index (χ1v) is 6.84. The summed E-state index contributed by atoms with van der Waals surface area (Å²) in [7, 11) is 1.69. The second-order valence-corrected chi connectivity index (χ2v) is 5.07. The van der Waals surface area contributed by atoms with Crippen LogP contribution in [0.3, 0.4) is 0 Å². The van der Waals surface area contributed by atoms with Gasteiger partial charge in [0.05, 0.1) is 13.2 Å². The lowest BCUT2D eigenvalue weighted by molar-refractivity contribution is 0.180. The van der Waals surface area contributed by atoms with E-state index in [2.05, 4.69) is 31.3 Å². The number of benzene rings is 1. The maximum atomic E-state index is 9.36. The minimum absolute atomic E-state index is 0.291. The molecule has 0 heterocycles. The molecular formula is C15H26N2O2. The van der Waals surface area contributed by atoms with Gasteiger partial charge in [-0.15, -0.1) is 0 Å². The monoisotopic (exact) mass is 266 g/mol. The van der Waals surface area contributed by atoms with Gasteiger partial charge in [-0.3, -0.25) is 0 Å². The lowest BCUT2D eigenvalue weighted by Crippen LogP contribution is -2.33. The van der Waals surface area contributed by atoms with Crippen LogP contribution >= 0.6 is 0 Å². The van der Waals surface area contributed by atoms with Gasteiger partial charge < -0.3 is 20.9 Å². The molecule has 0 bridgehead atoms. The molecule has 0 amide bonds. The normalized spacial score (nSPS) is 12.7. The topological polar surface area (TPSA) is 67.5 Å². The summed E-state index contributed by atoms with van der Waals surface area (Å²) in [6, 6.07) is 6.34. The van der Waals surface area contributed by atoms with E-state index in [0.717, 1.165) is 18.7 Å². The molecule has 0 fully saturated rings. The predicted molar refractivity (Wildman–Crippen MR) is 78.7 cm³/mol. The number of aliphatic hydroxyl groups is 1. The summed E-state index contributed by atoms with van der Waals surface area (Å²) in [5, 5.41) is 12.6. The van der Waals surface area contributed by atoms with Crippen LogP contribution in [0.2, 0.25) is 0 Å². The van der Waals surface area contributed by atoms with Crippen LogP contribution in [0.15, 0.2) is 18.2 Å². The second-order valence-electron chi connectivity index (χ2n) is 5.07. The zero-order valence-electron chi connectivity index (χ0n) is 12.1. The summed E-state index contributed by atoms with van der Waals surface area (Å²) in [5.74, 6) is 1.43. The van der Waals surface area contributed by atoms with Gasteiger partial charge in [-0.05, 0) is 36.1 Å². The van der Waals surface area contributed by atoms with Crippen molar-refractivity contribution in [2.24, 2.45) is 5.73 Å². The second kappa shape index (κ2) is 8.15. The number of rotatable bonds is 8. The predicted octanol–water partition coefficient (Wildman–Crippen LogP) is 1.27. The Morgan fingerprint density at radius 1 is 1.37 bits per heavy atom. The van der Waals surface area contributed by atoms with Crippen molar-refractivity contribution in [3.63, 3.8) is 0 Å². The summed E-state index contributed by atoms with van der Waals surface area (Å²) in [4.78, 5) is 0. The molecule has 1 unspecified atom stereocenters. The molecule has 0 saturated carbocycles. The number of nitrogens with one attached hydrogen (secondary N) is 1. The fourth-order valence-corrected chi connectivity index (χ4v) is 1.93. The van der Waals surface area contributed by atoms with Crippen LogP contribution in [0.5, 0.6) is 5.75 Å². The highest BCUT2D eigenvalue weighted by molar-refractivity contribution is 5.38. The molecular weight excluding hydrogens is 240 g/mol. The van der Waals surface area contributed by atoms with Gasteiger partial charge in [-0.2, -0.15) is 0 Å². The Kier molecular flexibility index (Phi) is 6.84. The quantitative estimate of drug-likeness (QED) is 0.620. The van der Waals surface area contributed by atoms with Crippen molar-refractivity contribution in [2.75, 3.05) is 26.7 Å². The molecule has 0 aliphatic carbocycles. The molecule has 1 aromatic rings. The van der Waals surface area contributed by atoms with Crippen LogP contribution in [0, 0.1) is 0 Å². The van der Waals surface area contributed by atoms with E-state index >= 15 is 0 Å². The van der Waals surface area contributed by atoms with Crippen molar-refractivity contribution < 1.29 is 9.84 Å². The van der Waals surface area contributed by atoms with Crippen molar-refractivity contribution >= 4 is 0 Å². The van der Waals surface area contributed by atoms with E-state index in [1.165, 1.54) is 11.1 Å². The summed E-state index contributed by atoms with van der Waals surface area (Å²) in [6.07, 6.45) is 0.407. The summed E-state index contributed by atoms with van der Waals surface area (Å²) < 4.78 is 5.38. The Bertz CT molecular complexity index is 380. The zero-order valence-corrected chi connectivity index (χ0v) is 12.1. The third-order valence-electron chi connectivity index (χ3n) is 3.19. The van der Waals surface area contributed by atoms with E-state index in [9.17, 15) is 5.11 Å². The molecule has 4 N–H and O–H groups in total. The van der Waals surface area contributed by atoms with Crippen LogP contribution in [0.4, 0.5) is 0 Å². The number of hydrogen-bond donors (Lipinski definition) is 3. The molecule has 0 aliphatic rings. The molecule has 0 radical (unpaired) electrons. The third-order valence-corrected chi connectivity index (χ3v) is 3.19. The van der Waals surface area contributed by atoms with Gasteiger partial charge >= 0.3 is 0 Å². The SMILES string of the molecule is COc1ccc(C(C)C)cc1CCNCC(O)CN. The first kappa shape index (κ1) is 16.0. The Morgan fingerprint density at radius 2 is 2.11 bits per heavy atom. The summed E-state index contributed by atoms with van der Waals surface area (Å²) in [6.45, 7) is 5.99. The number of aliphatic hydroxyl groups excluding tert-OH is 1. The largest absolute Gasteiger partial charge is 0.496 e. The van der Waals surface area contributed by atoms with Crippen molar-refractivity contribution in [3.8, 4) is 5.75 Å². The average Bonchev–Trinajstić information content (AvgIpc) is 2.42. The molecule has 0 aromatic heterocycles. The number of ether oxygens (including phenoxy) is 1. The highest BCUT2D eigenvalue weighted by Crippen LogP contribution is 2.24. The van der Waals surface area contributed by atoms with E-state index in [0.29, 0.717) is 19.0 Å². The molecule has 0 saturated heterocycles. The maximum Gasteiger partial charge on any atom is 0.122 e. The highest BCUT2D eigenvalue weighted by Gasteiger charge is 2.07. The van der Waals surface area contributed by atoms with Gasteiger partial charge in [0.1, 0.15) is 5.75 Å². The fourth-order valence-electron chi connectivity index (χ4n) is 1.93. The Hall–Kier alpha value is -1.10. The first-order valence-electron chi connectivity index (χ1n) is 6.84. The van der Waals surface area contributed by atoms with Crippen molar-refractivity contribution in [1.29, 1.82) is 0 Å². The molecule has 4 heteroatoms. The highest BCUT2D eigenvalue weighted by atomic mass is 16.5. The van der Waals surface area contributed by atoms with E-state index in [1.54, 1.807) is 7.11 Å². The molecule has 1 atom stereocenters. The van der Waals surface area contributed by atoms with Crippen molar-refractivity contribution in [3.05, 3.63) is 29.3 Å².